The first-order valence-electron chi connectivity index (χ1n) is 14.3. The molecule has 5 heteroatoms. The Morgan fingerprint density at radius 3 is 1.97 bits per heavy atom. The maximum atomic E-state index is 11.7. The minimum Gasteiger partial charge on any atom is -0.481 e. The minimum atomic E-state index is -0.769. The lowest BCUT2D eigenvalue weighted by Gasteiger charge is -2.33. The number of hydrogen-bond donors (Lipinski definition) is 1. The molecule has 2 nitrogen and oxygen atoms in total. The van der Waals surface area contributed by atoms with Crippen molar-refractivity contribution in [3.8, 4) is 0 Å². The smallest absolute Gasteiger partial charge is 0.309 e. The van der Waals surface area contributed by atoms with Crippen LogP contribution in [0.5, 0.6) is 0 Å². The molecule has 0 fully saturated rings. The zero-order valence-corrected chi connectivity index (χ0v) is 27.3. The van der Waals surface area contributed by atoms with E-state index in [4.69, 9.17) is 12.2 Å². The molecule has 0 aromatic rings. The van der Waals surface area contributed by atoms with E-state index in [1.807, 2.05) is 24.8 Å². The first-order valence-corrected chi connectivity index (χ1v) is 16.7. The van der Waals surface area contributed by atoms with Crippen LogP contribution in [0, 0.1) is 16.7 Å². The number of carboxylic acid groups (broad SMARTS) is 1. The number of unbranched alkanes of at least 4 members (excludes halogenated alkanes) is 9. The number of thioether (sulfide) groups is 2. The summed E-state index contributed by atoms with van der Waals surface area (Å²) in [5, 5.41) is 9.58. The monoisotopic (exact) mass is 568 g/mol. The summed E-state index contributed by atoms with van der Waals surface area (Å²) in [5.74, 6) is 1.45. The lowest BCUT2D eigenvalue weighted by atomic mass is 9.71. The lowest BCUT2D eigenvalue weighted by molar-refractivity contribution is -0.147. The van der Waals surface area contributed by atoms with Crippen LogP contribution < -0.4 is 0 Å². The van der Waals surface area contributed by atoms with Crippen molar-refractivity contribution in [1.82, 2.24) is 0 Å². The molecule has 0 aliphatic rings. The normalized spacial score (nSPS) is 14.7. The number of rotatable bonds is 22. The van der Waals surface area contributed by atoms with Crippen molar-refractivity contribution >= 4 is 45.2 Å². The Morgan fingerprint density at radius 2 is 1.49 bits per heavy atom. The first kappa shape index (κ1) is 36.5. The van der Waals surface area contributed by atoms with E-state index in [0.29, 0.717) is 6.42 Å². The first-order chi connectivity index (χ1) is 17.4. The van der Waals surface area contributed by atoms with Gasteiger partial charge >= 0.3 is 5.97 Å². The largest absolute Gasteiger partial charge is 0.481 e. The van der Waals surface area contributed by atoms with Gasteiger partial charge in [-0.3, -0.25) is 4.79 Å². The van der Waals surface area contributed by atoms with Gasteiger partial charge in [0, 0.05) is 5.75 Å². The van der Waals surface area contributed by atoms with E-state index in [1.54, 1.807) is 25.6 Å². The number of carbonyl (C=O) groups is 1. The molecule has 0 bridgehead atoms. The summed E-state index contributed by atoms with van der Waals surface area (Å²) in [6.45, 7) is 20.5. The fourth-order valence-electron chi connectivity index (χ4n) is 4.36. The van der Waals surface area contributed by atoms with Crippen LogP contribution in [0.1, 0.15) is 125 Å². The van der Waals surface area contributed by atoms with Gasteiger partial charge in [0.15, 0.2) is 0 Å². The third kappa shape index (κ3) is 18.4. The number of carboxylic acids is 1. The Morgan fingerprint density at radius 1 is 0.946 bits per heavy atom. The highest BCUT2D eigenvalue weighted by Crippen LogP contribution is 2.40. The van der Waals surface area contributed by atoms with E-state index in [2.05, 4.69) is 40.0 Å². The second kappa shape index (κ2) is 20.4. The van der Waals surface area contributed by atoms with E-state index >= 15 is 0 Å². The summed E-state index contributed by atoms with van der Waals surface area (Å²) in [6.07, 6.45) is 20.3. The van der Waals surface area contributed by atoms with Gasteiger partial charge in [-0.1, -0.05) is 114 Å². The van der Waals surface area contributed by atoms with Gasteiger partial charge in [-0.05, 0) is 70.5 Å². The summed E-state index contributed by atoms with van der Waals surface area (Å²) in [4.78, 5) is 11.7. The van der Waals surface area contributed by atoms with E-state index < -0.39 is 11.4 Å². The molecule has 0 rings (SSSR count). The Bertz CT molecular complexity index is 726. The Hall–Kier alpha value is -0.520. The second-order valence-electron chi connectivity index (χ2n) is 11.8. The van der Waals surface area contributed by atoms with Crippen LogP contribution in [0.25, 0.3) is 0 Å². The predicted octanol–water partition coefficient (Wildman–Crippen LogP) is 11.3. The van der Waals surface area contributed by atoms with Gasteiger partial charge in [-0.25, -0.2) is 0 Å². The fraction of sp³-hybridized carbons (Fsp3) is 0.750. The molecule has 0 amide bonds. The SMILES string of the molecule is C=CC(C)(C/C=C(\C)CSC(=S)SCCCCCCCCCCCC)CC(CC(C)(C)C(=O)O)C(=C)C. The Balaban J connectivity index is 4.35. The van der Waals surface area contributed by atoms with Gasteiger partial charge in [0.05, 0.1) is 5.41 Å². The molecule has 0 aliphatic carbocycles. The van der Waals surface area contributed by atoms with Gasteiger partial charge in [-0.2, -0.15) is 0 Å². The van der Waals surface area contributed by atoms with E-state index in [9.17, 15) is 9.90 Å². The zero-order valence-electron chi connectivity index (χ0n) is 24.8. The lowest BCUT2D eigenvalue weighted by Crippen LogP contribution is -2.29. The molecule has 1 N–H and O–H groups in total. The number of thiocarbonyl (C=S) groups is 1. The Labute approximate surface area is 244 Å². The van der Waals surface area contributed by atoms with Crippen molar-refractivity contribution in [3.05, 3.63) is 36.5 Å². The summed E-state index contributed by atoms with van der Waals surface area (Å²) < 4.78 is 1.05. The van der Waals surface area contributed by atoms with Crippen LogP contribution >= 0.6 is 35.7 Å². The fourth-order valence-corrected chi connectivity index (χ4v) is 6.53. The van der Waals surface area contributed by atoms with Crippen LogP contribution in [0.2, 0.25) is 0 Å². The molecule has 2 unspecified atom stereocenters. The van der Waals surface area contributed by atoms with Crippen molar-refractivity contribution in [2.75, 3.05) is 11.5 Å². The Kier molecular flexibility index (Phi) is 20.1. The summed E-state index contributed by atoms with van der Waals surface area (Å²) in [5.41, 5.74) is 1.51. The van der Waals surface area contributed by atoms with Crippen LogP contribution in [0.3, 0.4) is 0 Å². The number of hydrogen-bond acceptors (Lipinski definition) is 4. The molecule has 214 valence electrons. The molecular weight excluding hydrogens is 513 g/mol. The molecule has 0 aromatic carbocycles. The van der Waals surface area contributed by atoms with E-state index in [1.165, 1.54) is 69.8 Å². The second-order valence-corrected chi connectivity index (χ2v) is 15.1. The van der Waals surface area contributed by atoms with Crippen LogP contribution in [0.4, 0.5) is 0 Å². The van der Waals surface area contributed by atoms with Crippen molar-refractivity contribution in [2.45, 2.75) is 125 Å². The summed E-state index contributed by atoms with van der Waals surface area (Å²) in [6, 6.07) is 0. The average Bonchev–Trinajstić information content (AvgIpc) is 2.84. The van der Waals surface area contributed by atoms with Crippen molar-refractivity contribution < 1.29 is 9.90 Å². The maximum absolute atomic E-state index is 11.7. The van der Waals surface area contributed by atoms with Gasteiger partial charge in [0.1, 0.15) is 3.53 Å². The molecule has 0 aromatic heterocycles. The van der Waals surface area contributed by atoms with Crippen molar-refractivity contribution in [2.24, 2.45) is 16.7 Å². The predicted molar refractivity (Wildman–Crippen MR) is 175 cm³/mol. The van der Waals surface area contributed by atoms with Crippen LogP contribution in [0.15, 0.2) is 36.5 Å². The standard InChI is InChI=1S/C32H56O2S3/c1-9-11-12-13-14-15-16-17-18-19-22-36-30(35)37-25-27(5)20-21-32(8,10-2)24-28(26(3)4)23-31(6,7)29(33)34/h10,20,28H,2-3,9,11-19,21-25H2,1,4-8H3,(H,33,34)/b27-20+. The van der Waals surface area contributed by atoms with Gasteiger partial charge < -0.3 is 5.11 Å². The highest BCUT2D eigenvalue weighted by Gasteiger charge is 2.34. The van der Waals surface area contributed by atoms with Gasteiger partial charge in [0.25, 0.3) is 0 Å². The number of aliphatic carboxylic acids is 1. The van der Waals surface area contributed by atoms with Gasteiger partial charge in [-0.15, -0.1) is 30.1 Å². The average molecular weight is 569 g/mol. The van der Waals surface area contributed by atoms with Crippen LogP contribution in [-0.2, 0) is 4.79 Å². The molecule has 0 aliphatic heterocycles. The molecule has 0 radical (unpaired) electrons. The molecular formula is C32H56O2S3. The quantitative estimate of drug-likeness (QED) is 0.0798. The zero-order chi connectivity index (χ0) is 28.3. The van der Waals surface area contributed by atoms with Gasteiger partial charge in [0.2, 0.25) is 0 Å². The molecule has 0 heterocycles. The highest BCUT2D eigenvalue weighted by molar-refractivity contribution is 8.47. The summed E-state index contributed by atoms with van der Waals surface area (Å²) in [7, 11) is 0. The molecule has 0 saturated heterocycles. The van der Waals surface area contributed by atoms with Crippen molar-refractivity contribution in [3.63, 3.8) is 0 Å². The van der Waals surface area contributed by atoms with Crippen LogP contribution in [-0.4, -0.2) is 26.1 Å². The van der Waals surface area contributed by atoms with Crippen molar-refractivity contribution in [1.29, 1.82) is 0 Å². The maximum Gasteiger partial charge on any atom is 0.309 e. The topological polar surface area (TPSA) is 37.3 Å². The third-order valence-electron chi connectivity index (χ3n) is 7.29. The molecule has 37 heavy (non-hydrogen) atoms. The summed E-state index contributed by atoms with van der Waals surface area (Å²) >= 11 is 9.22. The molecule has 0 spiro atoms. The minimum absolute atomic E-state index is 0.102. The van der Waals surface area contributed by atoms with E-state index in [-0.39, 0.29) is 11.3 Å². The molecule has 0 saturated carbocycles. The number of allylic oxidation sites excluding steroid dienone is 3. The highest BCUT2D eigenvalue weighted by atomic mass is 32.2. The van der Waals surface area contributed by atoms with E-state index in [0.717, 1.165) is 33.4 Å². The third-order valence-corrected chi connectivity index (χ3v) is 10.3. The molecule has 2 atom stereocenters.